The van der Waals surface area contributed by atoms with Gasteiger partial charge < -0.3 is 0 Å². The van der Waals surface area contributed by atoms with Crippen molar-refractivity contribution in [2.24, 2.45) is 0 Å². The third kappa shape index (κ3) is 1.01. The van der Waals surface area contributed by atoms with E-state index in [0.29, 0.717) is 10.3 Å². The molecule has 0 saturated carbocycles. The van der Waals surface area contributed by atoms with E-state index >= 15 is 0 Å². The molecule has 1 heterocycles. The van der Waals surface area contributed by atoms with Gasteiger partial charge in [0.1, 0.15) is 5.82 Å². The Morgan fingerprint density at radius 2 is 2.00 bits per heavy atom. The molecular formula is C9H6F2S. The van der Waals surface area contributed by atoms with Gasteiger partial charge in [0.2, 0.25) is 0 Å². The van der Waals surface area contributed by atoms with E-state index in [1.54, 1.807) is 13.0 Å². The lowest BCUT2D eigenvalue weighted by atomic mass is 10.2. The average molecular weight is 184 g/mol. The minimum atomic E-state index is -0.316. The summed E-state index contributed by atoms with van der Waals surface area (Å²) in [6, 6.07) is 4.32. The Hall–Kier alpha value is -0.960. The lowest BCUT2D eigenvalue weighted by Gasteiger charge is -1.89. The molecule has 0 spiro atoms. The molecule has 2 rings (SSSR count). The van der Waals surface area contributed by atoms with Crippen LogP contribution >= 0.6 is 11.3 Å². The maximum atomic E-state index is 13.0. The van der Waals surface area contributed by atoms with E-state index < -0.39 is 0 Å². The molecule has 0 aliphatic heterocycles. The first-order chi connectivity index (χ1) is 5.68. The summed E-state index contributed by atoms with van der Waals surface area (Å²) < 4.78 is 26.3. The van der Waals surface area contributed by atoms with E-state index in [0.717, 1.165) is 16.7 Å². The van der Waals surface area contributed by atoms with Gasteiger partial charge in [0.25, 0.3) is 0 Å². The molecule has 3 heteroatoms. The number of fused-ring (bicyclic) bond motifs is 1. The summed E-state index contributed by atoms with van der Waals surface area (Å²) in [5.74, 6) is -0.316. The highest BCUT2D eigenvalue weighted by Gasteiger charge is 2.07. The number of hydrogen-bond acceptors (Lipinski definition) is 1. The molecule has 0 amide bonds. The van der Waals surface area contributed by atoms with Gasteiger partial charge in [0.15, 0.2) is 5.13 Å². The topological polar surface area (TPSA) is 0 Å². The summed E-state index contributed by atoms with van der Waals surface area (Å²) in [4.78, 5) is 0. The molecule has 0 nitrogen and oxygen atoms in total. The number of halogens is 2. The van der Waals surface area contributed by atoms with Gasteiger partial charge in [0, 0.05) is 10.3 Å². The van der Waals surface area contributed by atoms with Gasteiger partial charge in [-0.2, -0.15) is 4.39 Å². The van der Waals surface area contributed by atoms with Crippen LogP contribution in [0.4, 0.5) is 8.78 Å². The van der Waals surface area contributed by atoms with Gasteiger partial charge in [-0.15, -0.1) is 11.3 Å². The third-order valence-corrected chi connectivity index (χ3v) is 2.89. The van der Waals surface area contributed by atoms with E-state index in [2.05, 4.69) is 0 Å². The minimum Gasteiger partial charge on any atom is -0.207 e. The smallest absolute Gasteiger partial charge is 0.180 e. The van der Waals surface area contributed by atoms with Crippen molar-refractivity contribution in [1.82, 2.24) is 0 Å². The van der Waals surface area contributed by atoms with E-state index in [9.17, 15) is 8.78 Å². The summed E-state index contributed by atoms with van der Waals surface area (Å²) in [6.07, 6.45) is 0. The molecule has 0 N–H and O–H groups in total. The fraction of sp³-hybridized carbons (Fsp3) is 0.111. The average Bonchev–Trinajstić information content (AvgIpc) is 2.28. The molecule has 62 valence electrons. The van der Waals surface area contributed by atoms with Crippen LogP contribution in [0.3, 0.4) is 0 Å². The number of thiophene rings is 1. The minimum absolute atomic E-state index is 0.226. The van der Waals surface area contributed by atoms with Crippen molar-refractivity contribution in [1.29, 1.82) is 0 Å². The highest BCUT2D eigenvalue weighted by molar-refractivity contribution is 7.17. The first kappa shape index (κ1) is 7.68. The Labute approximate surface area is 72.4 Å². The highest BCUT2D eigenvalue weighted by atomic mass is 32.1. The second-order valence-corrected chi connectivity index (χ2v) is 3.64. The standard InChI is InChI=1S/C9H6F2S/c1-5-7-3-2-6(10)4-8(7)12-9(5)11/h2-4H,1H3. The van der Waals surface area contributed by atoms with Gasteiger partial charge in [-0.1, -0.05) is 6.07 Å². The monoisotopic (exact) mass is 184 g/mol. The fourth-order valence-corrected chi connectivity index (χ4v) is 2.13. The van der Waals surface area contributed by atoms with Crippen molar-refractivity contribution in [3.63, 3.8) is 0 Å². The molecule has 0 aliphatic carbocycles. The lowest BCUT2D eigenvalue weighted by molar-refractivity contribution is 0.630. The van der Waals surface area contributed by atoms with Crippen LogP contribution in [0.5, 0.6) is 0 Å². The van der Waals surface area contributed by atoms with Crippen molar-refractivity contribution >= 4 is 21.4 Å². The summed E-state index contributed by atoms with van der Waals surface area (Å²) in [7, 11) is 0. The molecule has 1 aromatic carbocycles. The Bertz CT molecular complexity index is 431. The predicted molar refractivity (Wildman–Crippen MR) is 46.5 cm³/mol. The summed E-state index contributed by atoms with van der Waals surface area (Å²) in [5.41, 5.74) is 0.606. The molecule has 0 aliphatic rings. The molecular weight excluding hydrogens is 178 g/mol. The van der Waals surface area contributed by atoms with Crippen LogP contribution in [0, 0.1) is 17.9 Å². The Morgan fingerprint density at radius 3 is 2.75 bits per heavy atom. The summed E-state index contributed by atoms with van der Waals surface area (Å²) >= 11 is 0.986. The van der Waals surface area contributed by atoms with Gasteiger partial charge in [-0.05, 0) is 24.4 Å². The van der Waals surface area contributed by atoms with Crippen molar-refractivity contribution in [2.45, 2.75) is 6.92 Å². The van der Waals surface area contributed by atoms with Crippen LogP contribution in [-0.4, -0.2) is 0 Å². The number of rotatable bonds is 0. The van der Waals surface area contributed by atoms with Crippen LogP contribution in [0.2, 0.25) is 0 Å². The highest BCUT2D eigenvalue weighted by Crippen LogP contribution is 2.29. The van der Waals surface area contributed by atoms with Gasteiger partial charge in [-0.25, -0.2) is 4.39 Å². The van der Waals surface area contributed by atoms with Crippen molar-refractivity contribution in [3.8, 4) is 0 Å². The van der Waals surface area contributed by atoms with Gasteiger partial charge in [0.05, 0.1) is 0 Å². The molecule has 0 radical (unpaired) electrons. The van der Waals surface area contributed by atoms with Gasteiger partial charge in [-0.3, -0.25) is 0 Å². The SMILES string of the molecule is Cc1c(F)sc2cc(F)ccc12. The molecule has 2 aromatic rings. The molecule has 0 atom stereocenters. The first-order valence-electron chi connectivity index (χ1n) is 3.52. The van der Waals surface area contributed by atoms with Crippen molar-refractivity contribution < 1.29 is 8.78 Å². The summed E-state index contributed by atoms with van der Waals surface area (Å²) in [6.45, 7) is 1.70. The van der Waals surface area contributed by atoms with Crippen LogP contribution in [-0.2, 0) is 0 Å². The van der Waals surface area contributed by atoms with Crippen molar-refractivity contribution in [2.75, 3.05) is 0 Å². The fourth-order valence-electron chi connectivity index (χ4n) is 1.17. The zero-order valence-corrected chi connectivity index (χ0v) is 7.21. The normalized spacial score (nSPS) is 10.9. The number of benzene rings is 1. The molecule has 0 saturated heterocycles. The van der Waals surface area contributed by atoms with Crippen LogP contribution < -0.4 is 0 Å². The van der Waals surface area contributed by atoms with E-state index in [4.69, 9.17) is 0 Å². The molecule has 0 unspecified atom stereocenters. The molecule has 0 fully saturated rings. The lowest BCUT2D eigenvalue weighted by Crippen LogP contribution is -1.72. The van der Waals surface area contributed by atoms with Crippen LogP contribution in [0.15, 0.2) is 18.2 Å². The number of aryl methyl sites for hydroxylation is 1. The Morgan fingerprint density at radius 1 is 1.25 bits per heavy atom. The summed E-state index contributed by atoms with van der Waals surface area (Å²) in [5, 5.41) is 0.578. The second kappa shape index (κ2) is 2.52. The molecule has 0 bridgehead atoms. The van der Waals surface area contributed by atoms with Crippen molar-refractivity contribution in [3.05, 3.63) is 34.7 Å². The Kier molecular flexibility index (Phi) is 1.61. The van der Waals surface area contributed by atoms with Crippen LogP contribution in [0.25, 0.3) is 10.1 Å². The largest absolute Gasteiger partial charge is 0.207 e. The first-order valence-corrected chi connectivity index (χ1v) is 4.34. The third-order valence-electron chi connectivity index (χ3n) is 1.84. The maximum Gasteiger partial charge on any atom is 0.180 e. The molecule has 12 heavy (non-hydrogen) atoms. The van der Waals surface area contributed by atoms with E-state index in [1.165, 1.54) is 12.1 Å². The molecule has 1 aromatic heterocycles. The number of hydrogen-bond donors (Lipinski definition) is 0. The second-order valence-electron chi connectivity index (χ2n) is 2.64. The van der Waals surface area contributed by atoms with E-state index in [-0.39, 0.29) is 10.9 Å². The maximum absolute atomic E-state index is 13.0. The van der Waals surface area contributed by atoms with Gasteiger partial charge >= 0.3 is 0 Å². The Balaban J connectivity index is 2.87. The van der Waals surface area contributed by atoms with Crippen LogP contribution in [0.1, 0.15) is 5.56 Å². The zero-order valence-electron chi connectivity index (χ0n) is 6.40. The predicted octanol–water partition coefficient (Wildman–Crippen LogP) is 3.49. The quantitative estimate of drug-likeness (QED) is 0.588. The van der Waals surface area contributed by atoms with E-state index in [1.807, 2.05) is 0 Å². The zero-order chi connectivity index (χ0) is 8.72.